The van der Waals surface area contributed by atoms with Gasteiger partial charge in [0.15, 0.2) is 14.9 Å². The van der Waals surface area contributed by atoms with E-state index in [1.807, 2.05) is 13.0 Å². The molecular formula is C12H18N2O4S2. The van der Waals surface area contributed by atoms with Gasteiger partial charge in [-0.15, -0.1) is 0 Å². The van der Waals surface area contributed by atoms with Gasteiger partial charge in [-0.2, -0.15) is 0 Å². The summed E-state index contributed by atoms with van der Waals surface area (Å²) in [6, 6.07) is 5.57. The number of para-hydroxylation sites is 1. The maximum Gasteiger partial charge on any atom is 0.247 e. The second-order valence-electron chi connectivity index (χ2n) is 5.18. The summed E-state index contributed by atoms with van der Waals surface area (Å²) in [5.41, 5.74) is 2.17. The van der Waals surface area contributed by atoms with Crippen LogP contribution < -0.4 is 10.0 Å². The van der Waals surface area contributed by atoms with Gasteiger partial charge in [0.2, 0.25) is 10.0 Å². The lowest BCUT2D eigenvalue weighted by Crippen LogP contribution is -2.26. The summed E-state index contributed by atoms with van der Waals surface area (Å²) in [6.45, 7) is 2.02. The van der Waals surface area contributed by atoms with Crippen molar-refractivity contribution < 1.29 is 16.8 Å². The molecule has 20 heavy (non-hydrogen) atoms. The Hall–Kier alpha value is -1.28. The van der Waals surface area contributed by atoms with Crippen LogP contribution in [0.15, 0.2) is 18.2 Å². The minimum Gasteiger partial charge on any atom is -0.381 e. The van der Waals surface area contributed by atoms with Gasteiger partial charge >= 0.3 is 0 Å². The van der Waals surface area contributed by atoms with E-state index in [2.05, 4.69) is 10.0 Å². The van der Waals surface area contributed by atoms with Gasteiger partial charge in [-0.3, -0.25) is 4.72 Å². The highest BCUT2D eigenvalue weighted by atomic mass is 32.3. The van der Waals surface area contributed by atoms with E-state index in [-0.39, 0.29) is 6.04 Å². The number of sulfone groups is 1. The lowest BCUT2D eigenvalue weighted by atomic mass is 9.98. The van der Waals surface area contributed by atoms with E-state index in [9.17, 15) is 16.8 Å². The highest BCUT2D eigenvalue weighted by Gasteiger charge is 2.22. The average Bonchev–Trinajstić information content (AvgIpc) is 2.26. The molecule has 1 aliphatic heterocycles. The molecule has 2 N–H and O–H groups in total. The first-order valence-electron chi connectivity index (χ1n) is 6.23. The Labute approximate surface area is 119 Å². The number of nitrogens with one attached hydrogen (secondary N) is 2. The molecule has 0 radical (unpaired) electrons. The van der Waals surface area contributed by atoms with E-state index >= 15 is 0 Å². The molecular weight excluding hydrogens is 300 g/mol. The Kier molecular flexibility index (Phi) is 3.97. The molecule has 0 fully saturated rings. The van der Waals surface area contributed by atoms with Gasteiger partial charge in [-0.1, -0.05) is 12.1 Å². The topological polar surface area (TPSA) is 92.3 Å². The van der Waals surface area contributed by atoms with Crippen LogP contribution >= 0.6 is 0 Å². The summed E-state index contributed by atoms with van der Waals surface area (Å²) in [5, 5.41) is 2.32. The van der Waals surface area contributed by atoms with E-state index in [1.54, 1.807) is 12.1 Å². The molecule has 2 rings (SSSR count). The van der Waals surface area contributed by atoms with Gasteiger partial charge in [0.25, 0.3) is 0 Å². The molecule has 1 atom stereocenters. The van der Waals surface area contributed by atoms with Crippen molar-refractivity contribution >= 4 is 31.2 Å². The van der Waals surface area contributed by atoms with Crippen molar-refractivity contribution in [2.24, 2.45) is 0 Å². The van der Waals surface area contributed by atoms with Crippen molar-refractivity contribution in [3.05, 3.63) is 23.8 Å². The van der Waals surface area contributed by atoms with Gasteiger partial charge in [-0.25, -0.2) is 16.8 Å². The summed E-state index contributed by atoms with van der Waals surface area (Å²) in [5.74, 6) is 0. The molecule has 6 nitrogen and oxygen atoms in total. The SMILES string of the molecule is CC1CCc2cccc(NS(=O)(=O)CS(C)(=O)=O)c2N1. The minimum atomic E-state index is -3.92. The van der Waals surface area contributed by atoms with Crippen molar-refractivity contribution in [1.29, 1.82) is 0 Å². The summed E-state index contributed by atoms with van der Waals surface area (Å²) in [6.07, 6.45) is 2.74. The fourth-order valence-corrected chi connectivity index (χ4v) is 5.23. The standard InChI is InChI=1S/C12H18N2O4S2/c1-9-6-7-10-4-3-5-11(12(10)13-9)14-20(17,18)8-19(2,15)16/h3-5,9,13-14H,6-8H2,1-2H3. The van der Waals surface area contributed by atoms with E-state index in [0.29, 0.717) is 5.69 Å². The Bertz CT molecular complexity index is 711. The van der Waals surface area contributed by atoms with Gasteiger partial charge in [0, 0.05) is 12.3 Å². The van der Waals surface area contributed by atoms with Crippen molar-refractivity contribution in [3.8, 4) is 0 Å². The van der Waals surface area contributed by atoms with Gasteiger partial charge in [0.05, 0.1) is 11.4 Å². The number of fused-ring (bicyclic) bond motifs is 1. The number of sulfonamides is 1. The number of anilines is 2. The maximum absolute atomic E-state index is 11.9. The summed E-state index contributed by atoms with van der Waals surface area (Å²) >= 11 is 0. The quantitative estimate of drug-likeness (QED) is 0.869. The van der Waals surface area contributed by atoms with E-state index in [0.717, 1.165) is 30.3 Å². The van der Waals surface area contributed by atoms with Crippen LogP contribution in [0.4, 0.5) is 11.4 Å². The molecule has 112 valence electrons. The lowest BCUT2D eigenvalue weighted by molar-refractivity contribution is 0.595. The van der Waals surface area contributed by atoms with Crippen molar-refractivity contribution in [2.45, 2.75) is 25.8 Å². The maximum atomic E-state index is 11.9. The first kappa shape index (κ1) is 15.1. The molecule has 8 heteroatoms. The Morgan fingerprint density at radius 2 is 2.00 bits per heavy atom. The molecule has 1 aromatic rings. The summed E-state index contributed by atoms with van der Waals surface area (Å²) in [7, 11) is -7.53. The third-order valence-electron chi connectivity index (χ3n) is 3.02. The molecule has 1 aliphatic rings. The van der Waals surface area contributed by atoms with Crippen molar-refractivity contribution in [3.63, 3.8) is 0 Å². The Morgan fingerprint density at radius 1 is 1.30 bits per heavy atom. The number of aryl methyl sites for hydroxylation is 1. The molecule has 1 aromatic carbocycles. The van der Waals surface area contributed by atoms with Crippen LogP contribution in [0.2, 0.25) is 0 Å². The first-order valence-corrected chi connectivity index (χ1v) is 9.94. The van der Waals surface area contributed by atoms with Crippen LogP contribution in [0.25, 0.3) is 0 Å². The smallest absolute Gasteiger partial charge is 0.247 e. The molecule has 0 spiro atoms. The molecule has 1 heterocycles. The zero-order valence-electron chi connectivity index (χ0n) is 11.4. The summed E-state index contributed by atoms with van der Waals surface area (Å²) < 4.78 is 48.4. The van der Waals surface area contributed by atoms with Crippen LogP contribution in [0.5, 0.6) is 0 Å². The molecule has 0 saturated heterocycles. The lowest BCUT2D eigenvalue weighted by Gasteiger charge is -2.26. The molecule has 0 saturated carbocycles. The van der Waals surface area contributed by atoms with Crippen LogP contribution in [0.1, 0.15) is 18.9 Å². The Balaban J connectivity index is 2.31. The summed E-state index contributed by atoms with van der Waals surface area (Å²) in [4.78, 5) is 0. The minimum absolute atomic E-state index is 0.253. The first-order chi connectivity index (χ1) is 9.16. The molecule has 0 aliphatic carbocycles. The van der Waals surface area contributed by atoms with E-state index < -0.39 is 24.9 Å². The monoisotopic (exact) mass is 318 g/mol. The number of hydrogen-bond acceptors (Lipinski definition) is 5. The number of rotatable bonds is 4. The van der Waals surface area contributed by atoms with E-state index in [1.165, 1.54) is 0 Å². The molecule has 0 amide bonds. The van der Waals surface area contributed by atoms with Crippen LogP contribution in [0, 0.1) is 0 Å². The van der Waals surface area contributed by atoms with Gasteiger partial charge in [0.1, 0.15) is 0 Å². The zero-order chi connectivity index (χ0) is 15.0. The van der Waals surface area contributed by atoms with E-state index in [4.69, 9.17) is 0 Å². The second kappa shape index (κ2) is 5.25. The van der Waals surface area contributed by atoms with Crippen molar-refractivity contribution in [2.75, 3.05) is 21.4 Å². The largest absolute Gasteiger partial charge is 0.381 e. The molecule has 1 unspecified atom stereocenters. The number of benzene rings is 1. The fourth-order valence-electron chi connectivity index (χ4n) is 2.23. The van der Waals surface area contributed by atoms with Crippen LogP contribution in [-0.2, 0) is 26.3 Å². The van der Waals surface area contributed by atoms with Crippen LogP contribution in [-0.4, -0.2) is 34.2 Å². The molecule has 0 aromatic heterocycles. The van der Waals surface area contributed by atoms with Gasteiger partial charge < -0.3 is 5.32 Å². The van der Waals surface area contributed by atoms with Crippen molar-refractivity contribution in [1.82, 2.24) is 0 Å². The Morgan fingerprint density at radius 3 is 2.65 bits per heavy atom. The third-order valence-corrected chi connectivity index (χ3v) is 6.51. The predicted octanol–water partition coefficient (Wildman–Crippen LogP) is 1.18. The normalized spacial score (nSPS) is 19.0. The van der Waals surface area contributed by atoms with Crippen LogP contribution in [0.3, 0.4) is 0 Å². The second-order valence-corrected chi connectivity index (χ2v) is 9.41. The fraction of sp³-hybridized carbons (Fsp3) is 0.500. The highest BCUT2D eigenvalue weighted by Crippen LogP contribution is 2.32. The molecule has 0 bridgehead atoms. The predicted molar refractivity (Wildman–Crippen MR) is 80.1 cm³/mol. The van der Waals surface area contributed by atoms with Gasteiger partial charge in [-0.05, 0) is 31.4 Å². The highest BCUT2D eigenvalue weighted by molar-refractivity contribution is 8.08. The number of hydrogen-bond donors (Lipinski definition) is 2. The average molecular weight is 318 g/mol. The zero-order valence-corrected chi connectivity index (χ0v) is 13.0. The third kappa shape index (κ3) is 3.86.